The Labute approximate surface area is 206 Å². The van der Waals surface area contributed by atoms with Crippen LogP contribution in [-0.2, 0) is 27.5 Å². The van der Waals surface area contributed by atoms with Crippen molar-refractivity contribution in [3.05, 3.63) is 71.1 Å². The van der Waals surface area contributed by atoms with Gasteiger partial charge in [0.15, 0.2) is 0 Å². The van der Waals surface area contributed by atoms with Crippen molar-refractivity contribution < 1.29 is 23.2 Å². The molecule has 1 aliphatic rings. The smallest absolute Gasteiger partial charge is 0.252 e. The highest BCUT2D eigenvalue weighted by molar-refractivity contribution is 5.98. The molecule has 8 heteroatoms. The van der Waals surface area contributed by atoms with Gasteiger partial charge in [0.2, 0.25) is 11.8 Å². The molecule has 2 heterocycles. The molecule has 0 saturated carbocycles. The maximum Gasteiger partial charge on any atom is 0.252 e. The summed E-state index contributed by atoms with van der Waals surface area (Å²) in [6.07, 6.45) is 1.67. The molecule has 188 valence electrons. The van der Waals surface area contributed by atoms with Crippen LogP contribution < -0.4 is 5.32 Å². The van der Waals surface area contributed by atoms with E-state index in [2.05, 4.69) is 5.32 Å². The molecular formula is C27H34FN3O4. The summed E-state index contributed by atoms with van der Waals surface area (Å²) >= 11 is 0. The monoisotopic (exact) mass is 483 g/mol. The summed E-state index contributed by atoms with van der Waals surface area (Å²) < 4.78 is 18.7. The molecule has 1 aliphatic heterocycles. The highest BCUT2D eigenvalue weighted by Crippen LogP contribution is 2.33. The van der Waals surface area contributed by atoms with Gasteiger partial charge >= 0.3 is 0 Å². The number of carbonyl (C=O) groups is 3. The van der Waals surface area contributed by atoms with Gasteiger partial charge in [0.1, 0.15) is 11.6 Å². The Morgan fingerprint density at radius 2 is 1.80 bits per heavy atom. The number of hydrogen-bond acceptors (Lipinski definition) is 4. The number of halogens is 1. The van der Waals surface area contributed by atoms with Gasteiger partial charge in [-0.2, -0.15) is 0 Å². The van der Waals surface area contributed by atoms with Crippen LogP contribution in [0.15, 0.2) is 58.3 Å². The van der Waals surface area contributed by atoms with Gasteiger partial charge in [-0.3, -0.25) is 14.4 Å². The number of carbonyl (C=O) groups excluding carboxylic acids is 3. The first-order valence-corrected chi connectivity index (χ1v) is 12.0. The lowest BCUT2D eigenvalue weighted by molar-refractivity contribution is -0.139. The van der Waals surface area contributed by atoms with Crippen LogP contribution >= 0.6 is 0 Å². The molecule has 0 radical (unpaired) electrons. The van der Waals surface area contributed by atoms with Crippen LogP contribution in [0.3, 0.4) is 0 Å². The molecule has 0 bridgehead atoms. The molecule has 0 saturated heterocycles. The van der Waals surface area contributed by atoms with E-state index in [1.54, 1.807) is 41.0 Å². The van der Waals surface area contributed by atoms with Gasteiger partial charge in [-0.1, -0.05) is 12.1 Å². The van der Waals surface area contributed by atoms with Crippen molar-refractivity contribution in [2.75, 3.05) is 0 Å². The Kier molecular flexibility index (Phi) is 8.48. The second-order valence-electron chi connectivity index (χ2n) is 9.48. The number of furan rings is 1. The minimum absolute atomic E-state index is 0.0268. The molecule has 1 unspecified atom stereocenters. The third kappa shape index (κ3) is 6.38. The molecular weight excluding hydrogens is 449 g/mol. The van der Waals surface area contributed by atoms with E-state index in [0.29, 0.717) is 17.0 Å². The van der Waals surface area contributed by atoms with Gasteiger partial charge in [-0.15, -0.1) is 0 Å². The lowest BCUT2D eigenvalue weighted by Crippen LogP contribution is -2.47. The maximum absolute atomic E-state index is 13.6. The summed E-state index contributed by atoms with van der Waals surface area (Å²) in [5, 5.41) is 2.78. The second kappa shape index (κ2) is 11.3. The standard InChI is InChI=1S/C27H34FN3O4/c1-17(2)31(18(3)4)27(34)24-13-21(14-25(32)29-15-23-7-6-12-35-23)26(33)30(19(24)5)16-20-8-10-22(28)11-9-20/h6-12,17-18,21H,13-16H2,1-5H3,(H,29,32). The topological polar surface area (TPSA) is 82.9 Å². The van der Waals surface area contributed by atoms with Crippen LogP contribution in [0, 0.1) is 11.7 Å². The van der Waals surface area contributed by atoms with Crippen LogP contribution in [0.1, 0.15) is 58.8 Å². The van der Waals surface area contributed by atoms with E-state index in [-0.39, 0.29) is 61.6 Å². The van der Waals surface area contributed by atoms with Crippen LogP contribution in [0.2, 0.25) is 0 Å². The Morgan fingerprint density at radius 3 is 2.37 bits per heavy atom. The van der Waals surface area contributed by atoms with Crippen molar-refractivity contribution in [1.82, 2.24) is 15.1 Å². The summed E-state index contributed by atoms with van der Waals surface area (Å²) in [7, 11) is 0. The first-order valence-electron chi connectivity index (χ1n) is 12.0. The highest BCUT2D eigenvalue weighted by atomic mass is 19.1. The fourth-order valence-corrected chi connectivity index (χ4v) is 4.52. The Morgan fingerprint density at radius 1 is 1.14 bits per heavy atom. The lowest BCUT2D eigenvalue weighted by atomic mass is 9.87. The molecule has 2 aromatic rings. The number of amides is 3. The van der Waals surface area contributed by atoms with Crippen molar-refractivity contribution in [3.63, 3.8) is 0 Å². The summed E-state index contributed by atoms with van der Waals surface area (Å²) in [4.78, 5) is 43.1. The lowest BCUT2D eigenvalue weighted by Gasteiger charge is -2.38. The van der Waals surface area contributed by atoms with Crippen LogP contribution in [0.5, 0.6) is 0 Å². The summed E-state index contributed by atoms with van der Waals surface area (Å²) in [6.45, 7) is 10.0. The Hall–Kier alpha value is -3.42. The minimum Gasteiger partial charge on any atom is -0.467 e. The summed E-state index contributed by atoms with van der Waals surface area (Å²) in [5.74, 6) is -1.09. The van der Waals surface area contributed by atoms with E-state index < -0.39 is 5.92 Å². The molecule has 7 nitrogen and oxygen atoms in total. The fourth-order valence-electron chi connectivity index (χ4n) is 4.52. The van der Waals surface area contributed by atoms with Crippen molar-refractivity contribution in [1.29, 1.82) is 0 Å². The number of allylic oxidation sites excluding steroid dienone is 1. The number of rotatable bonds is 9. The number of nitrogens with zero attached hydrogens (tertiary/aromatic N) is 2. The molecule has 3 rings (SSSR count). The van der Waals surface area contributed by atoms with E-state index in [9.17, 15) is 18.8 Å². The summed E-state index contributed by atoms with van der Waals surface area (Å²) in [6, 6.07) is 9.35. The number of benzene rings is 1. The average Bonchev–Trinajstić information content (AvgIpc) is 3.31. The van der Waals surface area contributed by atoms with E-state index >= 15 is 0 Å². The third-order valence-electron chi connectivity index (χ3n) is 6.24. The first-order chi connectivity index (χ1) is 16.6. The first kappa shape index (κ1) is 26.2. The van der Waals surface area contributed by atoms with E-state index in [1.807, 2.05) is 27.7 Å². The SMILES string of the molecule is CC1=C(C(=O)N(C(C)C)C(C)C)CC(CC(=O)NCc2ccco2)C(=O)N1Cc1ccc(F)cc1. The minimum atomic E-state index is -0.684. The highest BCUT2D eigenvalue weighted by Gasteiger charge is 2.38. The number of nitrogens with one attached hydrogen (secondary N) is 1. The zero-order chi connectivity index (χ0) is 25.7. The van der Waals surface area contributed by atoms with E-state index in [1.165, 1.54) is 18.4 Å². The van der Waals surface area contributed by atoms with Crippen molar-refractivity contribution in [2.24, 2.45) is 5.92 Å². The van der Waals surface area contributed by atoms with Gasteiger partial charge in [-0.25, -0.2) is 4.39 Å². The Balaban J connectivity index is 1.88. The summed E-state index contributed by atoms with van der Waals surface area (Å²) in [5.41, 5.74) is 1.83. The molecule has 0 aliphatic carbocycles. The fraction of sp³-hybridized carbons (Fsp3) is 0.444. The quantitative estimate of drug-likeness (QED) is 0.573. The average molecular weight is 484 g/mol. The largest absolute Gasteiger partial charge is 0.467 e. The Bertz CT molecular complexity index is 1070. The molecule has 0 fully saturated rings. The van der Waals surface area contributed by atoms with Crippen molar-refractivity contribution in [3.8, 4) is 0 Å². The molecule has 1 atom stereocenters. The van der Waals surface area contributed by atoms with Gasteiger partial charge in [0, 0.05) is 29.8 Å². The predicted molar refractivity (Wildman–Crippen MR) is 130 cm³/mol. The normalized spacial score (nSPS) is 16.3. The van der Waals surface area contributed by atoms with E-state index in [4.69, 9.17) is 4.42 Å². The maximum atomic E-state index is 13.6. The molecule has 1 aromatic carbocycles. The van der Waals surface area contributed by atoms with Crippen LogP contribution in [-0.4, -0.2) is 39.6 Å². The van der Waals surface area contributed by atoms with Gasteiger partial charge in [0.05, 0.1) is 25.3 Å². The molecule has 35 heavy (non-hydrogen) atoms. The third-order valence-corrected chi connectivity index (χ3v) is 6.24. The molecule has 1 aromatic heterocycles. The zero-order valence-corrected chi connectivity index (χ0v) is 21.0. The predicted octanol–water partition coefficient (Wildman–Crippen LogP) is 4.39. The zero-order valence-electron chi connectivity index (χ0n) is 21.0. The second-order valence-corrected chi connectivity index (χ2v) is 9.48. The van der Waals surface area contributed by atoms with E-state index in [0.717, 1.165) is 5.56 Å². The van der Waals surface area contributed by atoms with Crippen molar-refractivity contribution >= 4 is 17.7 Å². The molecule has 3 amide bonds. The van der Waals surface area contributed by atoms with Crippen LogP contribution in [0.4, 0.5) is 4.39 Å². The number of hydrogen-bond donors (Lipinski definition) is 1. The molecule has 0 spiro atoms. The molecule has 1 N–H and O–H groups in total. The van der Waals surface area contributed by atoms with Gasteiger partial charge in [-0.05, 0) is 70.9 Å². The van der Waals surface area contributed by atoms with Crippen LogP contribution in [0.25, 0.3) is 0 Å². The van der Waals surface area contributed by atoms with Crippen molar-refractivity contribution in [2.45, 2.75) is 72.6 Å². The van der Waals surface area contributed by atoms with Gasteiger partial charge in [0.25, 0.3) is 5.91 Å². The van der Waals surface area contributed by atoms with Gasteiger partial charge < -0.3 is 19.5 Å².